The Kier molecular flexibility index (Phi) is 5.63. The molecule has 0 aromatic rings. The van der Waals surface area contributed by atoms with Crippen LogP contribution in [0, 0.1) is 0 Å². The summed E-state index contributed by atoms with van der Waals surface area (Å²) >= 11 is 0. The minimum Gasteiger partial charge on any atom is -0.356 e. The lowest BCUT2D eigenvalue weighted by atomic mass is 9.94. The van der Waals surface area contributed by atoms with Gasteiger partial charge in [0.25, 0.3) is 0 Å². The van der Waals surface area contributed by atoms with Gasteiger partial charge in [-0.2, -0.15) is 0 Å². The highest BCUT2D eigenvalue weighted by atomic mass is 16.7. The Hall–Kier alpha value is -0.850. The van der Waals surface area contributed by atoms with Crippen LogP contribution in [0.2, 0.25) is 0 Å². The number of hydrogen-bond donors (Lipinski definition) is 0. The molecule has 0 aromatic heterocycles. The van der Waals surface area contributed by atoms with Gasteiger partial charge < -0.3 is 18.9 Å². The molecule has 1 saturated heterocycles. The van der Waals surface area contributed by atoms with Crippen LogP contribution in [-0.4, -0.2) is 45.0 Å². The number of hydrogen-bond acceptors (Lipinski definition) is 5. The highest BCUT2D eigenvalue weighted by molar-refractivity contribution is 4.88. The molecular formula is C13H23N3O4. The van der Waals surface area contributed by atoms with Crippen LogP contribution >= 0.6 is 0 Å². The molecule has 2 rings (SSSR count). The van der Waals surface area contributed by atoms with E-state index in [9.17, 15) is 0 Å². The molecule has 1 unspecified atom stereocenters. The molecule has 2 aliphatic rings. The van der Waals surface area contributed by atoms with E-state index in [1.807, 2.05) is 0 Å². The topological polar surface area (TPSA) is 85.7 Å². The number of nitrogens with zero attached hydrogens (tertiary/aromatic N) is 3. The molecule has 0 amide bonds. The van der Waals surface area contributed by atoms with E-state index in [-0.39, 0.29) is 12.1 Å². The lowest BCUT2D eigenvalue weighted by molar-refractivity contribution is -0.191. The summed E-state index contributed by atoms with van der Waals surface area (Å²) in [6, 6.07) is -0.341. The van der Waals surface area contributed by atoms with Gasteiger partial charge in [-0.25, -0.2) is 0 Å². The fraction of sp³-hybridized carbons (Fsp3) is 1.00. The standard InChI is InChI=1S/C13H23N3O4/c1-17-12(18-2)8-10(15-16-14)11-9-19-13(20-11)6-4-3-5-7-13/h10-12H,3-9H2,1-2H3/t10?,11-/m1/s1. The second-order valence-electron chi connectivity index (χ2n) is 5.35. The van der Waals surface area contributed by atoms with Crippen molar-refractivity contribution in [2.45, 2.75) is 62.7 Å². The summed E-state index contributed by atoms with van der Waals surface area (Å²) in [5, 5.41) is 3.84. The lowest BCUT2D eigenvalue weighted by Crippen LogP contribution is -2.36. The van der Waals surface area contributed by atoms with Crippen molar-refractivity contribution >= 4 is 0 Å². The molecule has 0 radical (unpaired) electrons. The molecule has 20 heavy (non-hydrogen) atoms. The van der Waals surface area contributed by atoms with Crippen LogP contribution in [0.4, 0.5) is 0 Å². The van der Waals surface area contributed by atoms with E-state index in [2.05, 4.69) is 10.0 Å². The second kappa shape index (κ2) is 7.24. The number of rotatable bonds is 6. The van der Waals surface area contributed by atoms with Crippen molar-refractivity contribution in [3.05, 3.63) is 10.4 Å². The number of methoxy groups -OCH3 is 2. The molecule has 1 saturated carbocycles. The first-order valence-corrected chi connectivity index (χ1v) is 7.14. The monoisotopic (exact) mass is 285 g/mol. The molecule has 7 nitrogen and oxygen atoms in total. The first-order chi connectivity index (χ1) is 9.73. The van der Waals surface area contributed by atoms with E-state index in [1.54, 1.807) is 14.2 Å². The molecule has 1 aliphatic carbocycles. The molecule has 0 aromatic carbocycles. The highest BCUT2D eigenvalue weighted by Crippen LogP contribution is 2.39. The maximum absolute atomic E-state index is 8.74. The third-order valence-electron chi connectivity index (χ3n) is 4.08. The fourth-order valence-electron chi connectivity index (χ4n) is 2.95. The Labute approximate surface area is 119 Å². The van der Waals surface area contributed by atoms with Gasteiger partial charge in [-0.3, -0.25) is 0 Å². The van der Waals surface area contributed by atoms with Crippen LogP contribution in [0.5, 0.6) is 0 Å². The average Bonchev–Trinajstić information content (AvgIpc) is 2.88. The predicted octanol–water partition coefficient (Wildman–Crippen LogP) is 2.75. The Morgan fingerprint density at radius 1 is 1.30 bits per heavy atom. The zero-order valence-electron chi connectivity index (χ0n) is 12.2. The van der Waals surface area contributed by atoms with Crippen molar-refractivity contribution < 1.29 is 18.9 Å². The van der Waals surface area contributed by atoms with E-state index in [1.165, 1.54) is 6.42 Å². The largest absolute Gasteiger partial charge is 0.356 e. The molecule has 2 fully saturated rings. The van der Waals surface area contributed by atoms with Gasteiger partial charge in [0.2, 0.25) is 0 Å². The van der Waals surface area contributed by atoms with Gasteiger partial charge >= 0.3 is 0 Å². The summed E-state index contributed by atoms with van der Waals surface area (Å²) < 4.78 is 22.3. The SMILES string of the molecule is COC(CC(N=[N+]=[N-])[C@H]1COC2(CCCCC2)O1)OC. The maximum Gasteiger partial charge on any atom is 0.168 e. The van der Waals surface area contributed by atoms with Gasteiger partial charge in [-0.05, 0) is 18.4 Å². The van der Waals surface area contributed by atoms with Crippen molar-refractivity contribution in [3.8, 4) is 0 Å². The Morgan fingerprint density at radius 3 is 2.60 bits per heavy atom. The first-order valence-electron chi connectivity index (χ1n) is 7.14. The summed E-state index contributed by atoms with van der Waals surface area (Å²) in [5.41, 5.74) is 8.74. The molecule has 1 heterocycles. The smallest absolute Gasteiger partial charge is 0.168 e. The van der Waals surface area contributed by atoms with Crippen molar-refractivity contribution in [3.63, 3.8) is 0 Å². The van der Waals surface area contributed by atoms with Gasteiger partial charge in [-0.15, -0.1) is 0 Å². The first kappa shape index (κ1) is 15.5. The van der Waals surface area contributed by atoms with E-state index in [0.717, 1.165) is 25.7 Å². The van der Waals surface area contributed by atoms with Crippen LogP contribution < -0.4 is 0 Å². The summed E-state index contributed by atoms with van der Waals surface area (Å²) in [7, 11) is 3.13. The molecule has 2 atom stereocenters. The maximum atomic E-state index is 8.74. The minimum absolute atomic E-state index is 0.225. The van der Waals surface area contributed by atoms with Crippen LogP contribution in [-0.2, 0) is 18.9 Å². The van der Waals surface area contributed by atoms with E-state index >= 15 is 0 Å². The van der Waals surface area contributed by atoms with Crippen molar-refractivity contribution in [2.75, 3.05) is 20.8 Å². The Balaban J connectivity index is 1.98. The fourth-order valence-corrected chi connectivity index (χ4v) is 2.95. The van der Waals surface area contributed by atoms with Crippen LogP contribution in [0.15, 0.2) is 5.11 Å². The van der Waals surface area contributed by atoms with Gasteiger partial charge in [-0.1, -0.05) is 11.5 Å². The third-order valence-corrected chi connectivity index (χ3v) is 4.08. The normalized spacial score (nSPS) is 26.6. The molecule has 0 N–H and O–H groups in total. The molecule has 1 spiro atoms. The van der Waals surface area contributed by atoms with E-state index < -0.39 is 12.1 Å². The summed E-state index contributed by atoms with van der Waals surface area (Å²) in [5.74, 6) is -0.457. The highest BCUT2D eigenvalue weighted by Gasteiger charge is 2.44. The average molecular weight is 285 g/mol. The summed E-state index contributed by atoms with van der Waals surface area (Å²) in [4.78, 5) is 2.91. The van der Waals surface area contributed by atoms with Gasteiger partial charge in [0.1, 0.15) is 0 Å². The number of ether oxygens (including phenoxy) is 4. The zero-order chi connectivity index (χ0) is 14.4. The van der Waals surface area contributed by atoms with Crippen LogP contribution in [0.3, 0.4) is 0 Å². The molecule has 7 heteroatoms. The van der Waals surface area contributed by atoms with Crippen molar-refractivity contribution in [1.29, 1.82) is 0 Å². The summed E-state index contributed by atoms with van der Waals surface area (Å²) in [6.45, 7) is 0.462. The second-order valence-corrected chi connectivity index (χ2v) is 5.35. The molecule has 114 valence electrons. The van der Waals surface area contributed by atoms with Crippen LogP contribution in [0.1, 0.15) is 38.5 Å². The lowest BCUT2D eigenvalue weighted by Gasteiger charge is -2.32. The van der Waals surface area contributed by atoms with E-state index in [4.69, 9.17) is 24.5 Å². The number of azide groups is 1. The van der Waals surface area contributed by atoms with Crippen molar-refractivity contribution in [1.82, 2.24) is 0 Å². The van der Waals surface area contributed by atoms with Gasteiger partial charge in [0.15, 0.2) is 12.1 Å². The Morgan fingerprint density at radius 2 is 2.00 bits per heavy atom. The third kappa shape index (κ3) is 3.62. The predicted molar refractivity (Wildman–Crippen MR) is 72.0 cm³/mol. The van der Waals surface area contributed by atoms with Crippen LogP contribution in [0.25, 0.3) is 10.4 Å². The zero-order valence-corrected chi connectivity index (χ0v) is 12.2. The van der Waals surface area contributed by atoms with E-state index in [0.29, 0.717) is 13.0 Å². The minimum atomic E-state index is -0.457. The molecule has 0 bridgehead atoms. The van der Waals surface area contributed by atoms with Gasteiger partial charge in [0, 0.05) is 38.4 Å². The Bertz CT molecular complexity index is 350. The quantitative estimate of drug-likeness (QED) is 0.325. The van der Waals surface area contributed by atoms with Crippen molar-refractivity contribution in [2.24, 2.45) is 5.11 Å². The molecular weight excluding hydrogens is 262 g/mol. The van der Waals surface area contributed by atoms with Gasteiger partial charge in [0.05, 0.1) is 18.8 Å². The summed E-state index contributed by atoms with van der Waals surface area (Å²) in [6.07, 6.45) is 5.15. The molecule has 1 aliphatic heterocycles.